The van der Waals surface area contributed by atoms with Crippen molar-refractivity contribution < 1.29 is 0 Å². The van der Waals surface area contributed by atoms with Gasteiger partial charge in [-0.1, -0.05) is 23.7 Å². The van der Waals surface area contributed by atoms with E-state index in [9.17, 15) is 0 Å². The largest absolute Gasteiger partial charge is 0.384 e. The van der Waals surface area contributed by atoms with Crippen LogP contribution in [0.4, 0.5) is 11.8 Å². The van der Waals surface area contributed by atoms with E-state index in [4.69, 9.17) is 17.3 Å². The molecule has 0 fully saturated rings. The molecule has 5 heteroatoms. The van der Waals surface area contributed by atoms with Crippen LogP contribution in [0.25, 0.3) is 11.3 Å². The van der Waals surface area contributed by atoms with Crippen LogP contribution in [0.1, 0.15) is 0 Å². The van der Waals surface area contributed by atoms with E-state index in [1.807, 2.05) is 24.3 Å². The van der Waals surface area contributed by atoms with E-state index in [1.54, 1.807) is 13.1 Å². The number of halogens is 1. The van der Waals surface area contributed by atoms with Crippen LogP contribution < -0.4 is 11.1 Å². The second kappa shape index (κ2) is 4.37. The maximum atomic E-state index is 5.82. The van der Waals surface area contributed by atoms with Crippen molar-refractivity contribution in [2.45, 2.75) is 0 Å². The predicted molar refractivity (Wildman–Crippen MR) is 66.4 cm³/mol. The molecule has 0 aliphatic heterocycles. The van der Waals surface area contributed by atoms with Crippen molar-refractivity contribution in [3.63, 3.8) is 0 Å². The average molecular weight is 235 g/mol. The van der Waals surface area contributed by atoms with Crippen LogP contribution in [0.5, 0.6) is 0 Å². The molecule has 0 spiro atoms. The fraction of sp³-hybridized carbons (Fsp3) is 0.0909. The molecule has 1 heterocycles. The van der Waals surface area contributed by atoms with Gasteiger partial charge in [-0.2, -0.15) is 4.98 Å². The van der Waals surface area contributed by atoms with Gasteiger partial charge in [-0.25, -0.2) is 4.98 Å². The maximum absolute atomic E-state index is 5.82. The molecule has 0 aliphatic rings. The van der Waals surface area contributed by atoms with Crippen molar-refractivity contribution >= 4 is 23.4 Å². The first-order valence-electron chi connectivity index (χ1n) is 4.77. The minimum atomic E-state index is 0.435. The summed E-state index contributed by atoms with van der Waals surface area (Å²) < 4.78 is 0. The van der Waals surface area contributed by atoms with Gasteiger partial charge >= 0.3 is 0 Å². The van der Waals surface area contributed by atoms with Crippen molar-refractivity contribution in [3.8, 4) is 11.3 Å². The molecule has 0 unspecified atom stereocenters. The number of nitrogens with zero attached hydrogens (tertiary/aromatic N) is 2. The summed E-state index contributed by atoms with van der Waals surface area (Å²) in [6.07, 6.45) is 0. The fourth-order valence-corrected chi connectivity index (χ4v) is 1.47. The number of anilines is 2. The Labute approximate surface area is 98.5 Å². The van der Waals surface area contributed by atoms with E-state index >= 15 is 0 Å². The van der Waals surface area contributed by atoms with Crippen molar-refractivity contribution in [3.05, 3.63) is 35.4 Å². The molecule has 16 heavy (non-hydrogen) atoms. The van der Waals surface area contributed by atoms with E-state index in [0.29, 0.717) is 16.8 Å². The quantitative estimate of drug-likeness (QED) is 0.838. The predicted octanol–water partition coefficient (Wildman–Crippen LogP) is 2.42. The Bertz CT molecular complexity index is 496. The second-order valence-electron chi connectivity index (χ2n) is 3.26. The highest BCUT2D eigenvalue weighted by Gasteiger charge is 2.03. The Morgan fingerprint density at radius 1 is 1.19 bits per heavy atom. The Hall–Kier alpha value is -1.81. The van der Waals surface area contributed by atoms with Crippen LogP contribution in [-0.2, 0) is 0 Å². The number of nitrogens with one attached hydrogen (secondary N) is 1. The monoisotopic (exact) mass is 234 g/mol. The first-order valence-corrected chi connectivity index (χ1v) is 5.15. The standard InChI is InChI=1S/C11H11ClN4/c1-14-11-15-9(6-10(13)16-11)7-2-4-8(12)5-3-7/h2-6H,1H3,(H3,13,14,15,16). The highest BCUT2D eigenvalue weighted by Crippen LogP contribution is 2.21. The maximum Gasteiger partial charge on any atom is 0.224 e. The molecule has 2 aromatic rings. The molecule has 4 nitrogen and oxygen atoms in total. The van der Waals surface area contributed by atoms with E-state index in [2.05, 4.69) is 15.3 Å². The van der Waals surface area contributed by atoms with Gasteiger partial charge in [0.05, 0.1) is 5.69 Å². The van der Waals surface area contributed by atoms with Gasteiger partial charge in [0.25, 0.3) is 0 Å². The van der Waals surface area contributed by atoms with Crippen LogP contribution in [0.2, 0.25) is 5.02 Å². The van der Waals surface area contributed by atoms with Gasteiger partial charge in [0.1, 0.15) is 5.82 Å². The van der Waals surface area contributed by atoms with Gasteiger partial charge in [0.2, 0.25) is 5.95 Å². The Kier molecular flexibility index (Phi) is 2.92. The number of hydrogen-bond donors (Lipinski definition) is 2. The topological polar surface area (TPSA) is 63.8 Å². The van der Waals surface area contributed by atoms with Gasteiger partial charge in [-0.05, 0) is 12.1 Å². The summed E-state index contributed by atoms with van der Waals surface area (Å²) in [6.45, 7) is 0. The number of benzene rings is 1. The zero-order valence-electron chi connectivity index (χ0n) is 8.74. The van der Waals surface area contributed by atoms with Crippen LogP contribution in [-0.4, -0.2) is 17.0 Å². The lowest BCUT2D eigenvalue weighted by Gasteiger charge is -2.05. The third-order valence-electron chi connectivity index (χ3n) is 2.11. The van der Waals surface area contributed by atoms with Gasteiger partial charge in [-0.15, -0.1) is 0 Å². The summed E-state index contributed by atoms with van der Waals surface area (Å²) >= 11 is 5.82. The summed E-state index contributed by atoms with van der Waals surface area (Å²) in [5, 5.41) is 3.56. The van der Waals surface area contributed by atoms with Gasteiger partial charge in [-0.3, -0.25) is 0 Å². The molecular weight excluding hydrogens is 224 g/mol. The first-order chi connectivity index (χ1) is 7.69. The summed E-state index contributed by atoms with van der Waals surface area (Å²) in [5.41, 5.74) is 7.41. The highest BCUT2D eigenvalue weighted by molar-refractivity contribution is 6.30. The molecule has 0 amide bonds. The Morgan fingerprint density at radius 2 is 1.88 bits per heavy atom. The Balaban J connectivity index is 2.47. The zero-order chi connectivity index (χ0) is 11.5. The minimum absolute atomic E-state index is 0.435. The summed E-state index contributed by atoms with van der Waals surface area (Å²) in [4.78, 5) is 8.33. The van der Waals surface area contributed by atoms with Crippen molar-refractivity contribution in [2.24, 2.45) is 0 Å². The third-order valence-corrected chi connectivity index (χ3v) is 2.36. The third kappa shape index (κ3) is 2.23. The number of hydrogen-bond acceptors (Lipinski definition) is 4. The van der Waals surface area contributed by atoms with Gasteiger partial charge in [0, 0.05) is 23.7 Å². The van der Waals surface area contributed by atoms with Crippen LogP contribution in [0.15, 0.2) is 30.3 Å². The molecule has 0 atom stereocenters. The molecule has 0 saturated carbocycles. The van der Waals surface area contributed by atoms with Crippen molar-refractivity contribution in [2.75, 3.05) is 18.1 Å². The molecule has 2 rings (SSSR count). The van der Waals surface area contributed by atoms with E-state index in [1.165, 1.54) is 0 Å². The minimum Gasteiger partial charge on any atom is -0.384 e. The molecule has 0 bridgehead atoms. The van der Waals surface area contributed by atoms with Crippen LogP contribution in [0.3, 0.4) is 0 Å². The summed E-state index contributed by atoms with van der Waals surface area (Å²) in [7, 11) is 1.75. The van der Waals surface area contributed by atoms with Crippen LogP contribution in [0, 0.1) is 0 Å². The number of nitrogen functional groups attached to an aromatic ring is 1. The Morgan fingerprint density at radius 3 is 2.50 bits per heavy atom. The first kappa shape index (κ1) is 10.7. The van der Waals surface area contributed by atoms with E-state index in [-0.39, 0.29) is 0 Å². The molecule has 0 saturated heterocycles. The SMILES string of the molecule is CNc1nc(N)cc(-c2ccc(Cl)cc2)n1. The number of aromatic nitrogens is 2. The van der Waals surface area contributed by atoms with Gasteiger partial charge < -0.3 is 11.1 Å². The number of rotatable bonds is 2. The lowest BCUT2D eigenvalue weighted by molar-refractivity contribution is 1.16. The lowest BCUT2D eigenvalue weighted by atomic mass is 10.1. The van der Waals surface area contributed by atoms with Gasteiger partial charge in [0.15, 0.2) is 0 Å². The molecule has 3 N–H and O–H groups in total. The summed E-state index contributed by atoms with van der Waals surface area (Å²) in [6, 6.07) is 9.14. The van der Waals surface area contributed by atoms with Crippen molar-refractivity contribution in [1.29, 1.82) is 0 Å². The average Bonchev–Trinajstić information content (AvgIpc) is 2.29. The smallest absolute Gasteiger partial charge is 0.224 e. The second-order valence-corrected chi connectivity index (χ2v) is 3.69. The van der Waals surface area contributed by atoms with E-state index in [0.717, 1.165) is 11.3 Å². The number of nitrogens with two attached hydrogens (primary N) is 1. The highest BCUT2D eigenvalue weighted by atomic mass is 35.5. The molecule has 0 radical (unpaired) electrons. The van der Waals surface area contributed by atoms with E-state index < -0.39 is 0 Å². The summed E-state index contributed by atoms with van der Waals surface area (Å²) in [5.74, 6) is 0.939. The van der Waals surface area contributed by atoms with Crippen LogP contribution >= 0.6 is 11.6 Å². The molecule has 82 valence electrons. The molecule has 1 aromatic heterocycles. The molecular formula is C11H11ClN4. The molecule has 0 aliphatic carbocycles. The zero-order valence-corrected chi connectivity index (χ0v) is 9.49. The molecule has 1 aromatic carbocycles. The normalized spacial score (nSPS) is 10.1. The lowest BCUT2D eigenvalue weighted by Crippen LogP contribution is -2.01. The van der Waals surface area contributed by atoms with Crippen molar-refractivity contribution in [1.82, 2.24) is 9.97 Å². The fourth-order valence-electron chi connectivity index (χ4n) is 1.35.